The first-order valence-corrected chi connectivity index (χ1v) is 8.49. The lowest BCUT2D eigenvalue weighted by molar-refractivity contribution is -0.148. The molecule has 0 unspecified atom stereocenters. The van der Waals surface area contributed by atoms with E-state index >= 15 is 0 Å². The van der Waals surface area contributed by atoms with Gasteiger partial charge >= 0.3 is 12.0 Å². The quantitative estimate of drug-likeness (QED) is 0.593. The summed E-state index contributed by atoms with van der Waals surface area (Å²) in [4.78, 5) is 24.1. The molecule has 0 saturated carbocycles. The molecule has 2 rings (SSSR count). The number of carbonyl (C=O) groups excluding carboxylic acids is 2. The lowest BCUT2D eigenvalue weighted by Gasteiger charge is -2.18. The average Bonchev–Trinajstić information content (AvgIpc) is 2.60. The van der Waals surface area contributed by atoms with Gasteiger partial charge in [0.1, 0.15) is 11.4 Å². The number of carbonyl (C=O) groups is 2. The third-order valence-electron chi connectivity index (χ3n) is 3.36. The molecule has 0 heterocycles. The maximum Gasteiger partial charge on any atom is 0.331 e. The average molecular weight is 368 g/mol. The molecule has 0 aliphatic carbocycles. The summed E-state index contributed by atoms with van der Waals surface area (Å²) >= 11 is 0. The molecule has 0 aliphatic heterocycles. The monoisotopic (exact) mass is 368 g/mol. The van der Waals surface area contributed by atoms with E-state index in [0.29, 0.717) is 22.7 Å². The van der Waals surface area contributed by atoms with Crippen molar-refractivity contribution in [3.05, 3.63) is 60.2 Å². The van der Waals surface area contributed by atoms with E-state index in [1.54, 1.807) is 76.4 Å². The van der Waals surface area contributed by atoms with Crippen LogP contribution in [0.15, 0.2) is 54.6 Å². The fraction of sp³-hybridized carbons (Fsp3) is 0.238. The van der Waals surface area contributed by atoms with Crippen LogP contribution in [0.3, 0.4) is 0 Å². The van der Waals surface area contributed by atoms with Crippen molar-refractivity contribution in [3.63, 3.8) is 0 Å². The molecule has 0 spiro atoms. The molecule has 6 heteroatoms. The van der Waals surface area contributed by atoms with E-state index in [1.165, 1.54) is 6.08 Å². The zero-order chi connectivity index (χ0) is 19.9. The van der Waals surface area contributed by atoms with E-state index in [4.69, 9.17) is 9.47 Å². The number of benzene rings is 2. The minimum atomic E-state index is -0.558. The Morgan fingerprint density at radius 3 is 2.26 bits per heavy atom. The van der Waals surface area contributed by atoms with Crippen molar-refractivity contribution >= 4 is 29.5 Å². The van der Waals surface area contributed by atoms with Gasteiger partial charge in [0.2, 0.25) is 0 Å². The van der Waals surface area contributed by atoms with E-state index in [-0.39, 0.29) is 0 Å². The normalized spacial score (nSPS) is 11.1. The molecule has 2 N–H and O–H groups in total. The molecule has 0 radical (unpaired) electrons. The number of methoxy groups -OCH3 is 1. The molecular formula is C21H24N2O4. The molecule has 0 fully saturated rings. The topological polar surface area (TPSA) is 76.7 Å². The maximum atomic E-state index is 12.2. The Morgan fingerprint density at radius 1 is 0.963 bits per heavy atom. The summed E-state index contributed by atoms with van der Waals surface area (Å²) in [6.45, 7) is 5.41. The van der Waals surface area contributed by atoms with Gasteiger partial charge < -0.3 is 20.1 Å². The van der Waals surface area contributed by atoms with Gasteiger partial charge in [0.25, 0.3) is 0 Å². The minimum absolute atomic E-state index is 0.390. The third-order valence-corrected chi connectivity index (χ3v) is 3.36. The molecule has 0 atom stereocenters. The number of rotatable bonds is 5. The highest BCUT2D eigenvalue weighted by atomic mass is 16.6. The minimum Gasteiger partial charge on any atom is -0.497 e. The fourth-order valence-corrected chi connectivity index (χ4v) is 2.21. The Balaban J connectivity index is 2.03. The Morgan fingerprint density at radius 2 is 1.63 bits per heavy atom. The Labute approximate surface area is 159 Å². The van der Waals surface area contributed by atoms with Gasteiger partial charge in [-0.25, -0.2) is 9.59 Å². The summed E-state index contributed by atoms with van der Waals surface area (Å²) < 4.78 is 10.3. The molecule has 0 bridgehead atoms. The number of hydrogen-bond donors (Lipinski definition) is 2. The van der Waals surface area contributed by atoms with Crippen LogP contribution in [0.1, 0.15) is 26.3 Å². The molecule has 0 saturated heterocycles. The zero-order valence-electron chi connectivity index (χ0n) is 15.9. The molecule has 0 aliphatic rings. The predicted octanol–water partition coefficient (Wildman–Crippen LogP) is 4.69. The first-order valence-electron chi connectivity index (χ1n) is 8.49. The third kappa shape index (κ3) is 6.86. The van der Waals surface area contributed by atoms with Crippen LogP contribution in [0.4, 0.5) is 16.2 Å². The van der Waals surface area contributed by atoms with Gasteiger partial charge in [-0.15, -0.1) is 0 Å². The molecular weight excluding hydrogens is 344 g/mol. The molecule has 27 heavy (non-hydrogen) atoms. The fourth-order valence-electron chi connectivity index (χ4n) is 2.21. The van der Waals surface area contributed by atoms with Gasteiger partial charge in [0.15, 0.2) is 0 Å². The van der Waals surface area contributed by atoms with Gasteiger partial charge in [-0.2, -0.15) is 0 Å². The van der Waals surface area contributed by atoms with Crippen LogP contribution in [-0.4, -0.2) is 24.7 Å². The van der Waals surface area contributed by atoms with E-state index in [0.717, 1.165) is 0 Å². The smallest absolute Gasteiger partial charge is 0.331 e. The first-order chi connectivity index (χ1) is 12.8. The van der Waals surface area contributed by atoms with Gasteiger partial charge in [-0.1, -0.05) is 18.2 Å². The second kappa shape index (κ2) is 8.89. The van der Waals surface area contributed by atoms with Crippen molar-refractivity contribution in [3.8, 4) is 5.75 Å². The number of urea groups is 1. The van der Waals surface area contributed by atoms with E-state index < -0.39 is 17.6 Å². The Bertz CT molecular complexity index is 821. The van der Waals surface area contributed by atoms with Crippen LogP contribution in [0.5, 0.6) is 5.75 Å². The summed E-state index contributed by atoms with van der Waals surface area (Å²) in [5.74, 6) is 0.263. The number of ether oxygens (including phenoxy) is 2. The second-order valence-corrected chi connectivity index (χ2v) is 6.76. The van der Waals surface area contributed by atoms with Crippen LogP contribution >= 0.6 is 0 Å². The van der Waals surface area contributed by atoms with Crippen molar-refractivity contribution in [1.82, 2.24) is 0 Å². The highest BCUT2D eigenvalue weighted by Gasteiger charge is 2.14. The summed E-state index contributed by atoms with van der Waals surface area (Å²) in [7, 11) is 1.58. The largest absolute Gasteiger partial charge is 0.497 e. The van der Waals surface area contributed by atoms with Crippen molar-refractivity contribution in [2.75, 3.05) is 17.7 Å². The highest BCUT2D eigenvalue weighted by molar-refractivity contribution is 6.01. The summed E-state index contributed by atoms with van der Waals surface area (Å²) in [6.07, 6.45) is 2.95. The molecule has 2 aromatic rings. The molecule has 6 nitrogen and oxygen atoms in total. The summed E-state index contributed by atoms with van der Waals surface area (Å²) in [5.41, 5.74) is 1.34. The number of nitrogens with one attached hydrogen (secondary N) is 2. The van der Waals surface area contributed by atoms with Crippen molar-refractivity contribution in [1.29, 1.82) is 0 Å². The van der Waals surface area contributed by atoms with Crippen LogP contribution < -0.4 is 15.4 Å². The Hall–Kier alpha value is -3.28. The summed E-state index contributed by atoms with van der Waals surface area (Å²) in [6, 6.07) is 13.8. The molecule has 2 amide bonds. The van der Waals surface area contributed by atoms with Crippen molar-refractivity contribution in [2.45, 2.75) is 26.4 Å². The molecule has 2 aromatic carbocycles. The maximum absolute atomic E-state index is 12.2. The number of amides is 2. The molecule has 142 valence electrons. The predicted molar refractivity (Wildman–Crippen MR) is 107 cm³/mol. The lowest BCUT2D eigenvalue weighted by Crippen LogP contribution is -2.22. The molecule has 0 aromatic heterocycles. The Kier molecular flexibility index (Phi) is 6.60. The summed E-state index contributed by atoms with van der Waals surface area (Å²) in [5, 5.41) is 5.52. The number of hydrogen-bond acceptors (Lipinski definition) is 4. The van der Waals surface area contributed by atoms with Crippen molar-refractivity contribution in [2.24, 2.45) is 0 Å². The first kappa shape index (κ1) is 20.0. The van der Waals surface area contributed by atoms with Gasteiger partial charge in [0, 0.05) is 17.5 Å². The number of esters is 1. The van der Waals surface area contributed by atoms with E-state index in [2.05, 4.69) is 10.6 Å². The van der Waals surface area contributed by atoms with Crippen molar-refractivity contribution < 1.29 is 19.1 Å². The van der Waals surface area contributed by atoms with Gasteiger partial charge in [0.05, 0.1) is 7.11 Å². The second-order valence-electron chi connectivity index (χ2n) is 6.76. The van der Waals surface area contributed by atoms with E-state index in [9.17, 15) is 9.59 Å². The highest BCUT2D eigenvalue weighted by Crippen LogP contribution is 2.19. The van der Waals surface area contributed by atoms with Crippen LogP contribution in [0, 0.1) is 0 Å². The SMILES string of the molecule is COc1ccc(NC(=O)Nc2ccccc2/C=C/C(=O)OC(C)(C)C)cc1. The lowest BCUT2D eigenvalue weighted by atomic mass is 10.1. The number of anilines is 2. The van der Waals surface area contributed by atoms with Crippen LogP contribution in [0.25, 0.3) is 6.08 Å². The van der Waals surface area contributed by atoms with Gasteiger partial charge in [-0.3, -0.25) is 0 Å². The van der Waals surface area contributed by atoms with Crippen LogP contribution in [-0.2, 0) is 9.53 Å². The van der Waals surface area contributed by atoms with Gasteiger partial charge in [-0.05, 0) is 62.7 Å². The van der Waals surface area contributed by atoms with Crippen LogP contribution in [0.2, 0.25) is 0 Å². The van der Waals surface area contributed by atoms with E-state index in [1.807, 2.05) is 6.07 Å². The zero-order valence-corrected chi connectivity index (χ0v) is 15.9. The standard InChI is InChI=1S/C21H24N2O4/c1-21(2,3)27-19(24)14-9-15-7-5-6-8-18(15)23-20(25)22-16-10-12-17(26-4)13-11-16/h5-14H,1-4H3,(H2,22,23,25)/b14-9+. The number of para-hydroxylation sites is 1.